The van der Waals surface area contributed by atoms with Gasteiger partial charge in [0.1, 0.15) is 11.1 Å². The highest BCUT2D eigenvalue weighted by molar-refractivity contribution is 6.35. The Morgan fingerprint density at radius 1 is 1.09 bits per heavy atom. The second-order valence-corrected chi connectivity index (χ2v) is 8.57. The first-order valence-corrected chi connectivity index (χ1v) is 11.1. The monoisotopic (exact) mass is 460 g/mol. The SMILES string of the molecule is Cc1cnc2c(c1)CN(CCn1nc(Cl)c3c1nc(N)n1nc(-c4ccccn4)nc31)CC2. The van der Waals surface area contributed by atoms with Crippen LogP contribution in [0.5, 0.6) is 0 Å². The molecule has 2 N–H and O–H groups in total. The molecule has 5 aromatic heterocycles. The van der Waals surface area contributed by atoms with Crippen LogP contribution in [0, 0.1) is 6.92 Å². The minimum atomic E-state index is 0.221. The summed E-state index contributed by atoms with van der Waals surface area (Å²) in [6, 6.07) is 7.78. The normalized spacial score (nSPS) is 14.2. The molecule has 0 atom stereocenters. The molecule has 0 radical (unpaired) electrons. The summed E-state index contributed by atoms with van der Waals surface area (Å²) in [6.07, 6.45) is 4.57. The van der Waals surface area contributed by atoms with Crippen molar-refractivity contribution in [1.29, 1.82) is 0 Å². The molecule has 6 rings (SSSR count). The molecule has 0 amide bonds. The van der Waals surface area contributed by atoms with Gasteiger partial charge < -0.3 is 5.73 Å². The Morgan fingerprint density at radius 3 is 2.85 bits per heavy atom. The lowest BCUT2D eigenvalue weighted by Gasteiger charge is -2.28. The maximum absolute atomic E-state index is 6.54. The van der Waals surface area contributed by atoms with Gasteiger partial charge in [-0.2, -0.15) is 14.6 Å². The lowest BCUT2D eigenvalue weighted by atomic mass is 10.0. The summed E-state index contributed by atoms with van der Waals surface area (Å²) in [5.41, 5.74) is 11.7. The van der Waals surface area contributed by atoms with E-state index in [1.807, 2.05) is 24.4 Å². The third-order valence-electron chi connectivity index (χ3n) is 5.93. The highest BCUT2D eigenvalue weighted by Gasteiger charge is 2.22. The van der Waals surface area contributed by atoms with Crippen molar-refractivity contribution in [1.82, 2.24) is 44.2 Å². The summed E-state index contributed by atoms with van der Waals surface area (Å²) in [7, 11) is 0. The molecule has 10 nitrogen and oxygen atoms in total. The number of anilines is 1. The molecule has 0 fully saturated rings. The van der Waals surface area contributed by atoms with E-state index in [1.54, 1.807) is 10.9 Å². The number of rotatable bonds is 4. The van der Waals surface area contributed by atoms with E-state index in [4.69, 9.17) is 17.3 Å². The van der Waals surface area contributed by atoms with Crippen molar-refractivity contribution in [2.24, 2.45) is 0 Å². The number of pyridine rings is 2. The Balaban J connectivity index is 1.32. The van der Waals surface area contributed by atoms with Crippen LogP contribution in [0.1, 0.15) is 16.8 Å². The fourth-order valence-electron chi connectivity index (χ4n) is 4.31. The standard InChI is InChI=1S/C22H21ClN10/c1-13-10-14-12-31(7-5-15(14)26-11-13)8-9-32-20-17(18(23)29-32)21-27-19(16-4-2-3-6-25-16)30-33(21)22(24)28-20/h2-4,6,10-11H,5,7-9,12H2,1H3,(H2,24,28). The average Bonchev–Trinajstić information content (AvgIpc) is 3.40. The topological polar surface area (TPSA) is 116 Å². The van der Waals surface area contributed by atoms with Crippen molar-refractivity contribution in [2.75, 3.05) is 18.8 Å². The summed E-state index contributed by atoms with van der Waals surface area (Å²) in [5, 5.41) is 9.96. The summed E-state index contributed by atoms with van der Waals surface area (Å²) in [4.78, 5) is 20.5. The molecule has 0 aliphatic carbocycles. The first kappa shape index (κ1) is 20.0. The molecular weight excluding hydrogens is 440 g/mol. The van der Waals surface area contributed by atoms with E-state index in [0.29, 0.717) is 39.9 Å². The molecule has 1 aliphatic heterocycles. The zero-order chi connectivity index (χ0) is 22.5. The van der Waals surface area contributed by atoms with Gasteiger partial charge in [-0.05, 0) is 30.2 Å². The predicted molar refractivity (Wildman–Crippen MR) is 125 cm³/mol. The van der Waals surface area contributed by atoms with Crippen LogP contribution in [0.15, 0.2) is 36.7 Å². The number of nitrogen functional groups attached to an aromatic ring is 1. The molecule has 11 heteroatoms. The second-order valence-electron chi connectivity index (χ2n) is 8.21. The lowest BCUT2D eigenvalue weighted by Crippen LogP contribution is -2.33. The van der Waals surface area contributed by atoms with Gasteiger partial charge in [0.15, 0.2) is 16.4 Å². The quantitative estimate of drug-likeness (QED) is 0.435. The van der Waals surface area contributed by atoms with E-state index in [0.717, 1.165) is 26.1 Å². The molecule has 5 aromatic rings. The van der Waals surface area contributed by atoms with Gasteiger partial charge in [-0.25, -0.2) is 9.67 Å². The Morgan fingerprint density at radius 2 is 2.00 bits per heavy atom. The highest BCUT2D eigenvalue weighted by Crippen LogP contribution is 2.28. The molecule has 0 bridgehead atoms. The van der Waals surface area contributed by atoms with Crippen molar-refractivity contribution in [3.8, 4) is 11.5 Å². The smallest absolute Gasteiger partial charge is 0.225 e. The van der Waals surface area contributed by atoms with Crippen molar-refractivity contribution in [2.45, 2.75) is 26.4 Å². The molecule has 166 valence electrons. The molecule has 0 aromatic carbocycles. The lowest BCUT2D eigenvalue weighted by molar-refractivity contribution is 0.239. The van der Waals surface area contributed by atoms with Crippen molar-refractivity contribution < 1.29 is 0 Å². The van der Waals surface area contributed by atoms with Crippen LogP contribution in [0.2, 0.25) is 5.15 Å². The number of halogens is 1. The molecule has 0 unspecified atom stereocenters. The molecule has 0 saturated heterocycles. The second kappa shape index (κ2) is 7.75. The molecular formula is C22H21ClN10. The van der Waals surface area contributed by atoms with Crippen LogP contribution in [-0.2, 0) is 19.5 Å². The van der Waals surface area contributed by atoms with Crippen LogP contribution >= 0.6 is 11.6 Å². The third kappa shape index (κ3) is 3.47. The maximum atomic E-state index is 6.54. The number of hydrogen-bond donors (Lipinski definition) is 1. The number of aryl methyl sites for hydroxylation is 1. The van der Waals surface area contributed by atoms with E-state index in [9.17, 15) is 0 Å². The van der Waals surface area contributed by atoms with Crippen LogP contribution in [0.3, 0.4) is 0 Å². The van der Waals surface area contributed by atoms with Crippen molar-refractivity contribution >= 4 is 34.2 Å². The first-order chi connectivity index (χ1) is 16.1. The fraction of sp³-hybridized carbons (Fsp3) is 0.273. The minimum Gasteiger partial charge on any atom is -0.368 e. The van der Waals surface area contributed by atoms with Crippen LogP contribution < -0.4 is 5.73 Å². The van der Waals surface area contributed by atoms with Crippen LogP contribution in [0.25, 0.3) is 28.2 Å². The number of aromatic nitrogens is 8. The summed E-state index contributed by atoms with van der Waals surface area (Å²) in [5.74, 6) is 0.676. The highest BCUT2D eigenvalue weighted by atomic mass is 35.5. The number of nitrogens with zero attached hydrogens (tertiary/aromatic N) is 9. The Bertz CT molecular complexity index is 1490. The Hall–Kier alpha value is -3.63. The predicted octanol–water partition coefficient (Wildman–Crippen LogP) is 2.53. The molecule has 33 heavy (non-hydrogen) atoms. The van der Waals surface area contributed by atoms with E-state index in [1.165, 1.54) is 21.3 Å². The van der Waals surface area contributed by atoms with Gasteiger partial charge in [-0.1, -0.05) is 23.7 Å². The first-order valence-electron chi connectivity index (χ1n) is 10.7. The number of fused-ring (bicyclic) bond motifs is 4. The van der Waals surface area contributed by atoms with Gasteiger partial charge in [0.05, 0.1) is 6.54 Å². The van der Waals surface area contributed by atoms with Crippen molar-refractivity contribution in [3.63, 3.8) is 0 Å². The van der Waals surface area contributed by atoms with Gasteiger partial charge in [0, 0.05) is 44.1 Å². The van der Waals surface area contributed by atoms with E-state index < -0.39 is 0 Å². The molecule has 0 spiro atoms. The number of hydrogen-bond acceptors (Lipinski definition) is 8. The average molecular weight is 461 g/mol. The third-order valence-corrected chi connectivity index (χ3v) is 6.19. The van der Waals surface area contributed by atoms with E-state index in [2.05, 4.69) is 48.0 Å². The molecule has 0 saturated carbocycles. The van der Waals surface area contributed by atoms with E-state index >= 15 is 0 Å². The largest absolute Gasteiger partial charge is 0.368 e. The fourth-order valence-corrected chi connectivity index (χ4v) is 4.57. The van der Waals surface area contributed by atoms with Crippen molar-refractivity contribution in [3.05, 3.63) is 58.6 Å². The number of nitrogens with two attached hydrogens (primary N) is 1. The zero-order valence-electron chi connectivity index (χ0n) is 18.0. The Labute approximate surface area is 194 Å². The van der Waals surface area contributed by atoms with Gasteiger partial charge in [-0.15, -0.1) is 5.10 Å². The maximum Gasteiger partial charge on any atom is 0.225 e. The van der Waals surface area contributed by atoms with E-state index in [-0.39, 0.29) is 5.95 Å². The van der Waals surface area contributed by atoms with Gasteiger partial charge in [0.25, 0.3) is 0 Å². The van der Waals surface area contributed by atoms with Gasteiger partial charge in [0.2, 0.25) is 11.8 Å². The van der Waals surface area contributed by atoms with Gasteiger partial charge >= 0.3 is 0 Å². The summed E-state index contributed by atoms with van der Waals surface area (Å²) in [6.45, 7) is 5.33. The summed E-state index contributed by atoms with van der Waals surface area (Å²) >= 11 is 6.54. The molecule has 1 aliphatic rings. The zero-order valence-corrected chi connectivity index (χ0v) is 18.7. The molecule has 6 heterocycles. The minimum absolute atomic E-state index is 0.221. The van der Waals surface area contributed by atoms with Crippen LogP contribution in [0.4, 0.5) is 5.95 Å². The van der Waals surface area contributed by atoms with Gasteiger partial charge in [-0.3, -0.25) is 14.9 Å². The Kier molecular flexibility index (Phi) is 4.70. The van der Waals surface area contributed by atoms with Crippen LogP contribution in [-0.4, -0.2) is 57.3 Å². The summed E-state index contributed by atoms with van der Waals surface area (Å²) < 4.78 is 3.29.